The molecular formula is C20H31N3O16P2-2. The summed E-state index contributed by atoms with van der Waals surface area (Å²) >= 11 is 0. The van der Waals surface area contributed by atoms with E-state index in [0.29, 0.717) is 0 Å². The predicted molar refractivity (Wildman–Crippen MR) is 127 cm³/mol. The van der Waals surface area contributed by atoms with Crippen molar-refractivity contribution in [3.63, 3.8) is 0 Å². The zero-order valence-electron chi connectivity index (χ0n) is 21.7. The minimum absolute atomic E-state index is 0.00379. The van der Waals surface area contributed by atoms with Crippen LogP contribution in [-0.4, -0.2) is 113 Å². The molecule has 0 aromatic carbocycles. The third-order valence-corrected chi connectivity index (χ3v) is 8.71. The van der Waals surface area contributed by atoms with Gasteiger partial charge < -0.3 is 64.5 Å². The van der Waals surface area contributed by atoms with Crippen LogP contribution in [0.15, 0.2) is 24.7 Å². The summed E-state index contributed by atoms with van der Waals surface area (Å²) in [7, 11) is -10.2. The van der Waals surface area contributed by atoms with Gasteiger partial charge in [0.25, 0.3) is 27.5 Å². The number of aliphatic hydroxyl groups is 4. The first-order valence-corrected chi connectivity index (χ1v) is 14.9. The number of ether oxygens (including phenoxy) is 3. The standard InChI is InChI=1S/C20H33N3O16P2/c1-9-13(25)15(27)17(18(29)21-5-7-34-3)37-20(9)38-41(32,33)39-40(30,31)35-8-11-14(26)16(28)19(36-11)23-6-4-12(24)22-10(23)2/h4,6,9,11,13-17,19-20,25-28H,2,5,7-8H2,1,3H3,(H,21,29)(H,22,24)(H,30,31)(H,32,33)/p-2/t9?,11-,13-,14+,15+,16?,17?,19-,20-/m1/s1. The molecule has 19 nitrogen and oxygen atoms in total. The lowest BCUT2D eigenvalue weighted by molar-refractivity contribution is -0.285. The van der Waals surface area contributed by atoms with E-state index in [0.717, 1.165) is 11.0 Å². The summed E-state index contributed by atoms with van der Waals surface area (Å²) in [4.78, 5) is 49.5. The van der Waals surface area contributed by atoms with Crippen molar-refractivity contribution in [2.45, 2.75) is 56.1 Å². The van der Waals surface area contributed by atoms with Crippen molar-refractivity contribution in [1.82, 2.24) is 15.5 Å². The van der Waals surface area contributed by atoms with Crippen LogP contribution in [0.25, 0.3) is 0 Å². The van der Waals surface area contributed by atoms with E-state index in [1.54, 1.807) is 0 Å². The molecule has 21 heteroatoms. The summed E-state index contributed by atoms with van der Waals surface area (Å²) in [6, 6.07) is 0. The molecule has 3 aliphatic heterocycles. The fourth-order valence-corrected chi connectivity index (χ4v) is 6.14. The molecule has 234 valence electrons. The number of rotatable bonds is 12. The van der Waals surface area contributed by atoms with Crippen molar-refractivity contribution in [3.8, 4) is 0 Å². The van der Waals surface area contributed by atoms with E-state index in [4.69, 9.17) is 14.2 Å². The summed E-state index contributed by atoms with van der Waals surface area (Å²) in [6.07, 6.45) is -11.2. The van der Waals surface area contributed by atoms with Gasteiger partial charge in [0.05, 0.1) is 19.3 Å². The fourth-order valence-electron chi connectivity index (χ4n) is 3.99. The van der Waals surface area contributed by atoms with E-state index in [9.17, 15) is 48.9 Å². The Hall–Kier alpha value is -1.80. The molecule has 0 aromatic rings. The molecule has 5 unspecified atom stereocenters. The Kier molecular flexibility index (Phi) is 11.2. The summed E-state index contributed by atoms with van der Waals surface area (Å²) in [5.41, 5.74) is 0. The van der Waals surface area contributed by atoms with Crippen LogP contribution in [0.4, 0.5) is 0 Å². The molecule has 0 saturated carbocycles. The smallest absolute Gasteiger partial charge is 0.276 e. The topological polar surface area (TPSA) is 278 Å². The Labute approximate surface area is 233 Å². The minimum Gasteiger partial charge on any atom is -0.756 e. The number of phosphoric acid groups is 2. The molecule has 11 atom stereocenters. The molecule has 0 aliphatic carbocycles. The zero-order chi connectivity index (χ0) is 30.7. The largest absolute Gasteiger partial charge is 0.756 e. The third-order valence-electron chi connectivity index (χ3n) is 6.18. The molecule has 0 spiro atoms. The van der Waals surface area contributed by atoms with E-state index < -0.39 is 89.1 Å². The highest BCUT2D eigenvalue weighted by atomic mass is 31.3. The number of nitrogens with zero attached hydrogens (tertiary/aromatic N) is 1. The highest BCUT2D eigenvalue weighted by molar-refractivity contribution is 7.59. The molecule has 3 aliphatic rings. The number of phosphoric ester groups is 2. The number of hydrogen-bond acceptors (Lipinski definition) is 17. The second-order valence-corrected chi connectivity index (χ2v) is 12.0. The van der Waals surface area contributed by atoms with Crippen LogP contribution in [0.2, 0.25) is 0 Å². The van der Waals surface area contributed by atoms with Crippen LogP contribution < -0.4 is 20.4 Å². The van der Waals surface area contributed by atoms with Crippen LogP contribution in [0, 0.1) is 5.92 Å². The van der Waals surface area contributed by atoms with Crippen molar-refractivity contribution in [1.29, 1.82) is 0 Å². The van der Waals surface area contributed by atoms with Gasteiger partial charge in [-0.1, -0.05) is 13.5 Å². The van der Waals surface area contributed by atoms with Gasteiger partial charge in [0.2, 0.25) is 0 Å². The molecule has 3 rings (SSSR count). The Morgan fingerprint density at radius 1 is 1.15 bits per heavy atom. The highest BCUT2D eigenvalue weighted by Gasteiger charge is 2.48. The van der Waals surface area contributed by atoms with Gasteiger partial charge in [-0.15, -0.1) is 0 Å². The van der Waals surface area contributed by atoms with Gasteiger partial charge in [-0.25, -0.2) is 4.31 Å². The molecule has 41 heavy (non-hydrogen) atoms. The highest BCUT2D eigenvalue weighted by Crippen LogP contribution is 2.57. The van der Waals surface area contributed by atoms with E-state index >= 15 is 0 Å². The van der Waals surface area contributed by atoms with Gasteiger partial charge in [0.1, 0.15) is 30.2 Å². The van der Waals surface area contributed by atoms with Gasteiger partial charge in [-0.3, -0.25) is 23.2 Å². The molecule has 6 N–H and O–H groups in total. The molecule has 0 radical (unpaired) electrons. The van der Waals surface area contributed by atoms with Crippen molar-refractivity contribution in [3.05, 3.63) is 24.7 Å². The maximum atomic E-state index is 12.4. The molecule has 2 fully saturated rings. The second-order valence-electron chi connectivity index (χ2n) is 9.13. The molecule has 2 amide bonds. The summed E-state index contributed by atoms with van der Waals surface area (Å²) in [5.74, 6) is -2.73. The maximum Gasteiger partial charge on any atom is 0.276 e. The number of nitrogens with one attached hydrogen (secondary N) is 2. The SMILES string of the molecule is C=C1NC(=O)C=CN1[C@@H]1O[C@H](COP(=O)([O-])OP(=O)([O-])O[C@H]2OC(C(=O)NCCOC)[C@@H](O)[C@H](O)C2C)[C@H](O)C1O. The zero-order valence-corrected chi connectivity index (χ0v) is 23.5. The number of hydrogen-bond donors (Lipinski definition) is 6. The Bertz CT molecular complexity index is 1110. The lowest BCUT2D eigenvalue weighted by Gasteiger charge is -2.42. The number of aliphatic hydroxyl groups excluding tert-OH is 4. The van der Waals surface area contributed by atoms with Crippen molar-refractivity contribution in [2.24, 2.45) is 5.92 Å². The summed E-state index contributed by atoms with van der Waals surface area (Å²) in [6.45, 7) is 3.85. The molecule has 0 aromatic heterocycles. The van der Waals surface area contributed by atoms with E-state index in [-0.39, 0.29) is 19.0 Å². The van der Waals surface area contributed by atoms with Gasteiger partial charge in [0, 0.05) is 31.8 Å². The lowest BCUT2D eigenvalue weighted by atomic mass is 9.92. The summed E-state index contributed by atoms with van der Waals surface area (Å²) in [5, 5.41) is 45.7. The molecule has 3 heterocycles. The van der Waals surface area contributed by atoms with E-state index in [1.165, 1.54) is 20.2 Å². The van der Waals surface area contributed by atoms with E-state index in [2.05, 4.69) is 30.6 Å². The van der Waals surface area contributed by atoms with Gasteiger partial charge in [-0.05, 0) is 0 Å². The third kappa shape index (κ3) is 8.40. The summed E-state index contributed by atoms with van der Waals surface area (Å²) < 4.78 is 53.2. The van der Waals surface area contributed by atoms with Crippen LogP contribution in [-0.2, 0) is 46.3 Å². The number of carbonyl (C=O) groups excluding carboxylic acids is 2. The van der Waals surface area contributed by atoms with Crippen LogP contribution in [0.3, 0.4) is 0 Å². The average Bonchev–Trinajstić information content (AvgIpc) is 3.15. The van der Waals surface area contributed by atoms with Gasteiger partial charge in [-0.2, -0.15) is 0 Å². The number of methoxy groups -OCH3 is 1. The van der Waals surface area contributed by atoms with E-state index in [1.807, 2.05) is 0 Å². The van der Waals surface area contributed by atoms with Crippen LogP contribution in [0.1, 0.15) is 6.92 Å². The first-order chi connectivity index (χ1) is 19.1. The van der Waals surface area contributed by atoms with Crippen molar-refractivity contribution >= 4 is 27.5 Å². The van der Waals surface area contributed by atoms with Crippen LogP contribution in [0.5, 0.6) is 0 Å². The first-order valence-electron chi connectivity index (χ1n) is 12.0. The van der Waals surface area contributed by atoms with Crippen LogP contribution >= 0.6 is 15.6 Å². The van der Waals surface area contributed by atoms with Gasteiger partial charge in [0.15, 0.2) is 18.6 Å². The van der Waals surface area contributed by atoms with Crippen molar-refractivity contribution in [2.75, 3.05) is 26.9 Å². The monoisotopic (exact) mass is 631 g/mol. The quantitative estimate of drug-likeness (QED) is 0.0877. The van der Waals surface area contributed by atoms with Gasteiger partial charge >= 0.3 is 0 Å². The number of carbonyl (C=O) groups is 2. The maximum absolute atomic E-state index is 12.4. The molecule has 2 saturated heterocycles. The predicted octanol–water partition coefficient (Wildman–Crippen LogP) is -4.32. The second kappa shape index (κ2) is 13.7. The van der Waals surface area contributed by atoms with Crippen molar-refractivity contribution < 1.29 is 76.5 Å². The lowest BCUT2D eigenvalue weighted by Crippen LogP contribution is -2.59. The normalized spacial score (nSPS) is 36.9. The minimum atomic E-state index is -5.83. The Morgan fingerprint density at radius 3 is 2.46 bits per heavy atom. The Morgan fingerprint density at radius 2 is 1.83 bits per heavy atom. The average molecular weight is 631 g/mol. The fraction of sp³-hybridized carbons (Fsp3) is 0.700. The molecular weight excluding hydrogens is 600 g/mol. The number of amides is 2. The first kappa shape index (κ1) is 33.7. The Balaban J connectivity index is 1.59. The molecule has 0 bridgehead atoms.